The van der Waals surface area contributed by atoms with Gasteiger partial charge in [0.25, 0.3) is 5.56 Å². The Hall–Kier alpha value is -2.63. The number of nitrogens with zero attached hydrogens (tertiary/aromatic N) is 4. The molecule has 2 aromatic heterocycles. The Balaban J connectivity index is 1.73. The van der Waals surface area contributed by atoms with E-state index in [2.05, 4.69) is 45.1 Å². The van der Waals surface area contributed by atoms with Crippen LogP contribution in [-0.4, -0.2) is 26.3 Å². The molecule has 1 aliphatic heterocycles. The van der Waals surface area contributed by atoms with Crippen molar-refractivity contribution in [3.05, 3.63) is 52.2 Å². The van der Waals surface area contributed by atoms with Crippen molar-refractivity contribution in [2.75, 3.05) is 11.4 Å². The van der Waals surface area contributed by atoms with E-state index in [1.807, 2.05) is 6.07 Å². The monoisotopic (exact) mass is 295 g/mol. The molecule has 3 heterocycles. The van der Waals surface area contributed by atoms with Gasteiger partial charge in [-0.3, -0.25) is 9.48 Å². The minimum absolute atomic E-state index is 0.131. The molecule has 1 atom stereocenters. The first-order valence-electron chi connectivity index (χ1n) is 7.38. The maximum absolute atomic E-state index is 12.1. The molecule has 6 nitrogen and oxygen atoms in total. The first kappa shape index (κ1) is 13.1. The van der Waals surface area contributed by atoms with Crippen LogP contribution in [0.1, 0.15) is 24.2 Å². The van der Waals surface area contributed by atoms with Gasteiger partial charge in [-0.05, 0) is 11.6 Å². The molecule has 0 saturated carbocycles. The second-order valence-corrected chi connectivity index (χ2v) is 5.86. The van der Waals surface area contributed by atoms with Gasteiger partial charge >= 0.3 is 0 Å². The summed E-state index contributed by atoms with van der Waals surface area (Å²) in [7, 11) is 1.80. The van der Waals surface area contributed by atoms with Crippen LogP contribution in [0.4, 0.5) is 5.69 Å². The van der Waals surface area contributed by atoms with Crippen molar-refractivity contribution in [2.45, 2.75) is 19.4 Å². The van der Waals surface area contributed by atoms with Crippen LogP contribution in [-0.2, 0) is 13.6 Å². The minimum Gasteiger partial charge on any atom is -0.363 e. The molecule has 0 fully saturated rings. The lowest BCUT2D eigenvalue weighted by Crippen LogP contribution is -2.24. The topological polar surface area (TPSA) is 66.8 Å². The molecule has 22 heavy (non-hydrogen) atoms. The van der Waals surface area contributed by atoms with Gasteiger partial charge in [-0.1, -0.05) is 25.1 Å². The summed E-state index contributed by atoms with van der Waals surface area (Å²) in [5.74, 6) is 1.16. The van der Waals surface area contributed by atoms with Gasteiger partial charge in [0, 0.05) is 25.2 Å². The molecule has 112 valence electrons. The zero-order valence-electron chi connectivity index (χ0n) is 12.6. The summed E-state index contributed by atoms with van der Waals surface area (Å²) in [6, 6.07) is 8.41. The lowest BCUT2D eigenvalue weighted by atomic mass is 10.0. The lowest BCUT2D eigenvalue weighted by molar-refractivity contribution is 0.719. The smallest absolute Gasteiger partial charge is 0.262 e. The summed E-state index contributed by atoms with van der Waals surface area (Å²) in [5.41, 5.74) is 3.07. The number of H-pyrrole nitrogens is 1. The van der Waals surface area contributed by atoms with E-state index in [-0.39, 0.29) is 5.56 Å². The molecule has 0 saturated heterocycles. The van der Waals surface area contributed by atoms with Crippen molar-refractivity contribution in [3.63, 3.8) is 0 Å². The zero-order chi connectivity index (χ0) is 15.3. The van der Waals surface area contributed by atoms with Gasteiger partial charge < -0.3 is 9.88 Å². The molecule has 0 spiro atoms. The van der Waals surface area contributed by atoms with Crippen LogP contribution >= 0.6 is 0 Å². The predicted octanol–water partition coefficient (Wildman–Crippen LogP) is 1.78. The van der Waals surface area contributed by atoms with Crippen LogP contribution in [0.2, 0.25) is 0 Å². The number of aryl methyl sites for hydroxylation is 1. The Kier molecular flexibility index (Phi) is 2.79. The molecule has 0 amide bonds. The summed E-state index contributed by atoms with van der Waals surface area (Å²) in [6.45, 7) is 3.75. The molecule has 6 heteroatoms. The van der Waals surface area contributed by atoms with E-state index in [9.17, 15) is 4.79 Å². The third-order valence-electron chi connectivity index (χ3n) is 4.29. The second kappa shape index (κ2) is 4.69. The number of rotatable bonds is 2. The van der Waals surface area contributed by atoms with Gasteiger partial charge in [0.1, 0.15) is 11.2 Å². The van der Waals surface area contributed by atoms with Crippen molar-refractivity contribution in [1.29, 1.82) is 0 Å². The molecule has 1 unspecified atom stereocenters. The Bertz CT molecular complexity index is 910. The first-order valence-corrected chi connectivity index (χ1v) is 7.38. The average Bonchev–Trinajstić information content (AvgIpc) is 3.02. The number of nitrogens with one attached hydrogen (secondary N) is 1. The Labute approximate surface area is 127 Å². The van der Waals surface area contributed by atoms with Crippen LogP contribution in [0.25, 0.3) is 11.0 Å². The lowest BCUT2D eigenvalue weighted by Gasteiger charge is -2.18. The SMILES string of the molecule is CC1CN(Cc2nc3c(cnn3C)c(=O)[nH]2)c2ccccc21. The summed E-state index contributed by atoms with van der Waals surface area (Å²) in [5, 5.41) is 4.63. The first-order chi connectivity index (χ1) is 10.6. The van der Waals surface area contributed by atoms with E-state index >= 15 is 0 Å². The maximum atomic E-state index is 12.1. The predicted molar refractivity (Wildman–Crippen MR) is 85.0 cm³/mol. The fraction of sp³-hybridized carbons (Fsp3) is 0.312. The van der Waals surface area contributed by atoms with Gasteiger partial charge in [0.05, 0.1) is 12.7 Å². The van der Waals surface area contributed by atoms with Crippen molar-refractivity contribution in [2.24, 2.45) is 7.05 Å². The minimum atomic E-state index is -0.131. The normalized spacial score (nSPS) is 17.2. The fourth-order valence-electron chi connectivity index (χ4n) is 3.20. The molecule has 0 bridgehead atoms. The van der Waals surface area contributed by atoms with Crippen LogP contribution < -0.4 is 10.5 Å². The van der Waals surface area contributed by atoms with E-state index in [0.29, 0.717) is 29.3 Å². The van der Waals surface area contributed by atoms with Crippen LogP contribution in [0.3, 0.4) is 0 Å². The summed E-state index contributed by atoms with van der Waals surface area (Å²) >= 11 is 0. The fourth-order valence-corrected chi connectivity index (χ4v) is 3.20. The molecular weight excluding hydrogens is 278 g/mol. The van der Waals surface area contributed by atoms with E-state index in [1.165, 1.54) is 11.3 Å². The molecule has 0 aliphatic carbocycles. The number of hydrogen-bond acceptors (Lipinski definition) is 4. The van der Waals surface area contributed by atoms with Crippen LogP contribution in [0.15, 0.2) is 35.3 Å². The third kappa shape index (κ3) is 1.91. The number of para-hydroxylation sites is 1. The van der Waals surface area contributed by atoms with Gasteiger partial charge in [-0.2, -0.15) is 5.10 Å². The average molecular weight is 295 g/mol. The molecule has 1 aromatic carbocycles. The van der Waals surface area contributed by atoms with Gasteiger partial charge in [-0.25, -0.2) is 4.98 Å². The number of aromatic nitrogens is 4. The van der Waals surface area contributed by atoms with Crippen LogP contribution in [0.5, 0.6) is 0 Å². The van der Waals surface area contributed by atoms with Crippen molar-refractivity contribution in [1.82, 2.24) is 19.7 Å². The Morgan fingerprint density at radius 3 is 3.05 bits per heavy atom. The number of benzene rings is 1. The van der Waals surface area contributed by atoms with E-state index < -0.39 is 0 Å². The zero-order valence-corrected chi connectivity index (χ0v) is 12.6. The Morgan fingerprint density at radius 1 is 1.36 bits per heavy atom. The van der Waals surface area contributed by atoms with E-state index in [1.54, 1.807) is 17.9 Å². The van der Waals surface area contributed by atoms with Crippen molar-refractivity contribution < 1.29 is 0 Å². The molecule has 3 aromatic rings. The summed E-state index contributed by atoms with van der Waals surface area (Å²) in [6.07, 6.45) is 1.55. The molecule has 4 rings (SSSR count). The highest BCUT2D eigenvalue weighted by atomic mass is 16.1. The standard InChI is InChI=1S/C16H17N5O/c1-10-8-21(13-6-4-3-5-11(10)13)9-14-18-15-12(16(22)19-14)7-17-20(15)2/h3-7,10H,8-9H2,1-2H3,(H,18,19,22). The van der Waals surface area contributed by atoms with Crippen molar-refractivity contribution >= 4 is 16.7 Å². The molecule has 0 radical (unpaired) electrons. The Morgan fingerprint density at radius 2 is 2.18 bits per heavy atom. The van der Waals surface area contributed by atoms with Gasteiger partial charge in [0.2, 0.25) is 0 Å². The largest absolute Gasteiger partial charge is 0.363 e. The molecule has 1 aliphatic rings. The third-order valence-corrected chi connectivity index (χ3v) is 4.29. The van der Waals surface area contributed by atoms with E-state index in [4.69, 9.17) is 0 Å². The number of fused-ring (bicyclic) bond motifs is 2. The summed E-state index contributed by atoms with van der Waals surface area (Å²) in [4.78, 5) is 21.8. The maximum Gasteiger partial charge on any atom is 0.262 e. The second-order valence-electron chi connectivity index (χ2n) is 5.86. The van der Waals surface area contributed by atoms with Gasteiger partial charge in [0.15, 0.2) is 5.65 Å². The number of anilines is 1. The van der Waals surface area contributed by atoms with Crippen molar-refractivity contribution in [3.8, 4) is 0 Å². The highest BCUT2D eigenvalue weighted by Crippen LogP contribution is 2.36. The summed E-state index contributed by atoms with van der Waals surface area (Å²) < 4.78 is 1.63. The van der Waals surface area contributed by atoms with Crippen LogP contribution in [0, 0.1) is 0 Å². The molecular formula is C16H17N5O. The molecule has 1 N–H and O–H groups in total. The number of hydrogen-bond donors (Lipinski definition) is 1. The van der Waals surface area contributed by atoms with E-state index in [0.717, 1.165) is 6.54 Å². The van der Waals surface area contributed by atoms with Gasteiger partial charge in [-0.15, -0.1) is 0 Å². The highest BCUT2D eigenvalue weighted by molar-refractivity contribution is 5.73. The quantitative estimate of drug-likeness (QED) is 0.782. The number of aromatic amines is 1. The highest BCUT2D eigenvalue weighted by Gasteiger charge is 2.25.